The van der Waals surface area contributed by atoms with Crippen molar-refractivity contribution < 1.29 is 9.59 Å². The van der Waals surface area contributed by atoms with Crippen molar-refractivity contribution in [3.63, 3.8) is 0 Å². The average molecular weight is 421 g/mol. The van der Waals surface area contributed by atoms with E-state index in [1.165, 1.54) is 0 Å². The number of rotatable bonds is 6. The molecule has 0 saturated heterocycles. The van der Waals surface area contributed by atoms with Gasteiger partial charge in [0.15, 0.2) is 0 Å². The Balaban J connectivity index is 1.68. The summed E-state index contributed by atoms with van der Waals surface area (Å²) in [4.78, 5) is 33.8. The zero-order valence-corrected chi connectivity index (χ0v) is 18.1. The zero-order chi connectivity index (χ0) is 22.0. The van der Waals surface area contributed by atoms with Crippen molar-refractivity contribution in [2.24, 2.45) is 0 Å². The van der Waals surface area contributed by atoms with E-state index in [0.29, 0.717) is 17.2 Å². The Hall–Kier alpha value is -3.42. The third kappa shape index (κ3) is 4.38. The summed E-state index contributed by atoms with van der Waals surface area (Å²) in [5, 5.41) is 9.66. The maximum Gasteiger partial charge on any atom is 0.268 e. The smallest absolute Gasteiger partial charge is 0.268 e. The number of hydrogen-bond donors (Lipinski definition) is 3. The number of nitrogens with one attached hydrogen (secondary N) is 3. The van der Waals surface area contributed by atoms with Crippen LogP contribution in [-0.2, 0) is 0 Å². The molecule has 0 atom stereocenters. The Labute approximate surface area is 181 Å². The van der Waals surface area contributed by atoms with Crippen LogP contribution in [-0.4, -0.2) is 39.4 Å². The number of carbonyl (C=O) groups excluding carboxylic acids is 2. The van der Waals surface area contributed by atoms with Crippen molar-refractivity contribution in [3.05, 3.63) is 47.8 Å². The number of nitrogens with zero attached hydrogens (tertiary/aromatic N) is 3. The van der Waals surface area contributed by atoms with E-state index < -0.39 is 0 Å². The number of amides is 2. The Morgan fingerprint density at radius 2 is 1.81 bits per heavy atom. The van der Waals surface area contributed by atoms with Crippen molar-refractivity contribution in [3.8, 4) is 0 Å². The van der Waals surface area contributed by atoms with Crippen molar-refractivity contribution in [2.75, 3.05) is 12.4 Å². The minimum Gasteiger partial charge on any atom is -0.355 e. The zero-order valence-electron chi connectivity index (χ0n) is 18.1. The van der Waals surface area contributed by atoms with Gasteiger partial charge in [-0.3, -0.25) is 9.59 Å². The van der Waals surface area contributed by atoms with Gasteiger partial charge in [0.2, 0.25) is 5.95 Å². The number of fused-ring (bicyclic) bond motifs is 1. The molecule has 8 heteroatoms. The first-order chi connectivity index (χ1) is 15.0. The fourth-order valence-electron chi connectivity index (χ4n) is 4.09. The number of aromatic nitrogens is 3. The third-order valence-corrected chi connectivity index (χ3v) is 5.55. The monoisotopic (exact) mass is 420 g/mol. The molecule has 0 radical (unpaired) electrons. The van der Waals surface area contributed by atoms with E-state index in [-0.39, 0.29) is 23.9 Å². The van der Waals surface area contributed by atoms with E-state index in [1.54, 1.807) is 25.4 Å². The molecular weight excluding hydrogens is 392 g/mol. The quantitative estimate of drug-likeness (QED) is 0.563. The standard InChI is InChI=1S/C23H28N6O2/c1-14(2)26-22(31)19-12-16-13-25-23(28-20(16)29(19)18-6-4-5-7-18)27-17-10-8-15(9-11-17)21(30)24-3/h8-14,18H,4-7H2,1-3H3,(H,24,30)(H,26,31)(H,25,27,28). The molecule has 1 aliphatic rings. The summed E-state index contributed by atoms with van der Waals surface area (Å²) in [7, 11) is 1.60. The molecule has 0 bridgehead atoms. The lowest BCUT2D eigenvalue weighted by Gasteiger charge is -2.18. The first kappa shape index (κ1) is 20.8. The van der Waals surface area contributed by atoms with E-state index in [9.17, 15) is 9.59 Å². The molecule has 1 saturated carbocycles. The minimum absolute atomic E-state index is 0.0589. The number of carbonyl (C=O) groups is 2. The molecule has 2 amide bonds. The molecule has 0 spiro atoms. The van der Waals surface area contributed by atoms with Crippen molar-refractivity contribution in [2.45, 2.75) is 51.6 Å². The highest BCUT2D eigenvalue weighted by Crippen LogP contribution is 2.34. The Morgan fingerprint density at radius 1 is 1.10 bits per heavy atom. The molecule has 1 fully saturated rings. The van der Waals surface area contributed by atoms with Crippen LogP contribution in [0.25, 0.3) is 11.0 Å². The molecule has 4 rings (SSSR count). The maximum atomic E-state index is 12.9. The van der Waals surface area contributed by atoms with Gasteiger partial charge in [0.25, 0.3) is 11.8 Å². The normalized spacial score (nSPS) is 14.2. The van der Waals surface area contributed by atoms with Gasteiger partial charge < -0.3 is 20.5 Å². The molecule has 31 heavy (non-hydrogen) atoms. The van der Waals surface area contributed by atoms with Gasteiger partial charge >= 0.3 is 0 Å². The predicted octanol–water partition coefficient (Wildman–Crippen LogP) is 3.79. The fourth-order valence-corrected chi connectivity index (χ4v) is 4.09. The van der Waals surface area contributed by atoms with Crippen LogP contribution in [0.5, 0.6) is 0 Å². The fraction of sp³-hybridized carbons (Fsp3) is 0.391. The second-order valence-electron chi connectivity index (χ2n) is 8.22. The third-order valence-electron chi connectivity index (χ3n) is 5.55. The summed E-state index contributed by atoms with van der Waals surface area (Å²) < 4.78 is 2.08. The number of anilines is 2. The summed E-state index contributed by atoms with van der Waals surface area (Å²) in [5.41, 5.74) is 2.77. The summed E-state index contributed by atoms with van der Waals surface area (Å²) in [5.74, 6) is 0.235. The lowest BCUT2D eigenvalue weighted by molar-refractivity contribution is 0.0930. The second kappa shape index (κ2) is 8.75. The summed E-state index contributed by atoms with van der Waals surface area (Å²) in [6.45, 7) is 3.91. The van der Waals surface area contributed by atoms with E-state index in [0.717, 1.165) is 42.4 Å². The molecule has 162 valence electrons. The first-order valence-corrected chi connectivity index (χ1v) is 10.7. The van der Waals surface area contributed by atoms with Gasteiger partial charge in [0.05, 0.1) is 0 Å². The number of hydrogen-bond acceptors (Lipinski definition) is 5. The molecule has 2 aromatic heterocycles. The molecular formula is C23H28N6O2. The highest BCUT2D eigenvalue weighted by Gasteiger charge is 2.26. The lowest BCUT2D eigenvalue weighted by Crippen LogP contribution is -2.32. The van der Waals surface area contributed by atoms with Crippen molar-refractivity contribution >= 4 is 34.5 Å². The van der Waals surface area contributed by atoms with Crippen molar-refractivity contribution in [1.82, 2.24) is 25.2 Å². The largest absolute Gasteiger partial charge is 0.355 e. The first-order valence-electron chi connectivity index (χ1n) is 10.7. The van der Waals surface area contributed by atoms with Gasteiger partial charge in [0.1, 0.15) is 11.3 Å². The Bertz CT molecular complexity index is 1100. The molecule has 1 aromatic carbocycles. The molecule has 3 aromatic rings. The molecule has 3 N–H and O–H groups in total. The highest BCUT2D eigenvalue weighted by molar-refractivity contribution is 5.98. The van der Waals surface area contributed by atoms with Crippen LogP contribution in [0, 0.1) is 0 Å². The van der Waals surface area contributed by atoms with Crippen LogP contribution in [0.2, 0.25) is 0 Å². The van der Waals surface area contributed by atoms with Crippen LogP contribution in [0.3, 0.4) is 0 Å². The van der Waals surface area contributed by atoms with Crippen LogP contribution in [0.15, 0.2) is 36.5 Å². The van der Waals surface area contributed by atoms with Crippen molar-refractivity contribution in [1.29, 1.82) is 0 Å². The summed E-state index contributed by atoms with van der Waals surface area (Å²) in [6.07, 6.45) is 6.15. The molecule has 2 heterocycles. The van der Waals surface area contributed by atoms with Gasteiger partial charge in [-0.05, 0) is 57.0 Å². The summed E-state index contributed by atoms with van der Waals surface area (Å²) in [6, 6.07) is 9.33. The number of benzene rings is 1. The van der Waals surface area contributed by atoms with Crippen LogP contribution >= 0.6 is 0 Å². The van der Waals surface area contributed by atoms with Gasteiger partial charge in [-0.1, -0.05) is 12.8 Å². The van der Waals surface area contributed by atoms with Crippen LogP contribution < -0.4 is 16.0 Å². The maximum absolute atomic E-state index is 12.9. The average Bonchev–Trinajstić information content (AvgIpc) is 3.40. The molecule has 8 nitrogen and oxygen atoms in total. The van der Waals surface area contributed by atoms with E-state index in [4.69, 9.17) is 4.98 Å². The SMILES string of the molecule is CNC(=O)c1ccc(Nc2ncc3cc(C(=O)NC(C)C)n(C4CCCC4)c3n2)cc1. The van der Waals surface area contributed by atoms with Gasteiger partial charge in [-0.2, -0.15) is 4.98 Å². The second-order valence-corrected chi connectivity index (χ2v) is 8.22. The van der Waals surface area contributed by atoms with E-state index in [2.05, 4.69) is 25.5 Å². The molecule has 1 aliphatic carbocycles. The lowest BCUT2D eigenvalue weighted by atomic mass is 10.2. The highest BCUT2D eigenvalue weighted by atomic mass is 16.2. The predicted molar refractivity (Wildman–Crippen MR) is 121 cm³/mol. The molecule has 0 aliphatic heterocycles. The van der Waals surface area contributed by atoms with E-state index in [1.807, 2.05) is 32.0 Å². The van der Waals surface area contributed by atoms with Crippen LogP contribution in [0.4, 0.5) is 11.6 Å². The van der Waals surface area contributed by atoms with Gasteiger partial charge in [-0.25, -0.2) is 4.98 Å². The van der Waals surface area contributed by atoms with Gasteiger partial charge in [-0.15, -0.1) is 0 Å². The Morgan fingerprint density at radius 3 is 2.45 bits per heavy atom. The molecule has 0 unspecified atom stereocenters. The van der Waals surface area contributed by atoms with E-state index >= 15 is 0 Å². The van der Waals surface area contributed by atoms with Crippen LogP contribution in [0.1, 0.15) is 66.4 Å². The Kier molecular flexibility index (Phi) is 5.88. The minimum atomic E-state index is -0.134. The topological polar surface area (TPSA) is 101 Å². The summed E-state index contributed by atoms with van der Waals surface area (Å²) >= 11 is 0. The van der Waals surface area contributed by atoms with Gasteiger partial charge in [0, 0.05) is 42.0 Å².